The van der Waals surface area contributed by atoms with E-state index in [0.29, 0.717) is 11.8 Å². The van der Waals surface area contributed by atoms with Gasteiger partial charge in [-0.25, -0.2) is 4.98 Å². The molecule has 1 N–H and O–H groups in total. The molecule has 120 valence electrons. The van der Waals surface area contributed by atoms with Crippen molar-refractivity contribution in [2.75, 3.05) is 6.54 Å². The zero-order valence-corrected chi connectivity index (χ0v) is 14.6. The average molecular weight is 292 g/mol. The van der Waals surface area contributed by atoms with E-state index >= 15 is 0 Å². The Balaban J connectivity index is 2.79. The van der Waals surface area contributed by atoms with Crippen molar-refractivity contribution in [2.24, 2.45) is 11.8 Å². The van der Waals surface area contributed by atoms with E-state index in [9.17, 15) is 0 Å². The smallest absolute Gasteiger partial charge is 0.214 e. The lowest BCUT2D eigenvalue weighted by Gasteiger charge is -2.18. The Morgan fingerprint density at radius 1 is 1.14 bits per heavy atom. The van der Waals surface area contributed by atoms with Crippen molar-refractivity contribution in [3.05, 3.63) is 23.4 Å². The van der Waals surface area contributed by atoms with Gasteiger partial charge in [0, 0.05) is 18.3 Å². The minimum atomic E-state index is 0.186. The highest BCUT2D eigenvalue weighted by atomic mass is 16.5. The Bertz CT molecular complexity index is 416. The Hall–Kier alpha value is -1.09. The molecule has 0 fully saturated rings. The summed E-state index contributed by atoms with van der Waals surface area (Å²) in [5.41, 5.74) is 2.40. The van der Waals surface area contributed by atoms with Crippen molar-refractivity contribution in [2.45, 2.75) is 67.0 Å². The van der Waals surface area contributed by atoms with Crippen LogP contribution in [0.4, 0.5) is 0 Å². The number of nitrogens with zero attached hydrogens (tertiary/aromatic N) is 1. The second-order valence-electron chi connectivity index (χ2n) is 6.65. The third kappa shape index (κ3) is 6.94. The molecule has 1 rings (SSSR count). The van der Waals surface area contributed by atoms with Gasteiger partial charge in [-0.2, -0.15) is 0 Å². The quantitative estimate of drug-likeness (QED) is 0.740. The number of hydrogen-bond acceptors (Lipinski definition) is 3. The van der Waals surface area contributed by atoms with Crippen molar-refractivity contribution in [3.8, 4) is 5.88 Å². The van der Waals surface area contributed by atoms with E-state index in [4.69, 9.17) is 4.74 Å². The van der Waals surface area contributed by atoms with E-state index in [-0.39, 0.29) is 6.10 Å². The van der Waals surface area contributed by atoms with Crippen LogP contribution in [-0.4, -0.2) is 17.6 Å². The average Bonchev–Trinajstić information content (AvgIpc) is 2.38. The van der Waals surface area contributed by atoms with Crippen LogP contribution in [0.2, 0.25) is 0 Å². The first-order chi connectivity index (χ1) is 9.92. The highest BCUT2D eigenvalue weighted by molar-refractivity contribution is 5.25. The van der Waals surface area contributed by atoms with Gasteiger partial charge >= 0.3 is 0 Å². The highest BCUT2D eigenvalue weighted by Gasteiger charge is 2.11. The van der Waals surface area contributed by atoms with Crippen LogP contribution < -0.4 is 10.1 Å². The molecule has 1 unspecified atom stereocenters. The van der Waals surface area contributed by atoms with Crippen molar-refractivity contribution < 1.29 is 4.74 Å². The van der Waals surface area contributed by atoms with Crippen LogP contribution in [0.1, 0.15) is 59.2 Å². The minimum Gasteiger partial charge on any atom is -0.474 e. The molecule has 0 bridgehead atoms. The summed E-state index contributed by atoms with van der Waals surface area (Å²) in [5, 5.41) is 3.49. The fraction of sp³-hybridized carbons (Fsp3) is 0.722. The number of ether oxygens (including phenoxy) is 1. The summed E-state index contributed by atoms with van der Waals surface area (Å²) in [7, 11) is 0. The second-order valence-corrected chi connectivity index (χ2v) is 6.65. The molecule has 0 aliphatic rings. The second kappa shape index (κ2) is 9.04. The molecule has 0 spiro atoms. The topological polar surface area (TPSA) is 34.1 Å². The zero-order valence-electron chi connectivity index (χ0n) is 14.6. The number of aromatic nitrogens is 1. The molecule has 0 aliphatic carbocycles. The summed E-state index contributed by atoms with van der Waals surface area (Å²) in [5.74, 6) is 1.92. The minimum absolute atomic E-state index is 0.186. The largest absolute Gasteiger partial charge is 0.474 e. The van der Waals surface area contributed by atoms with Crippen molar-refractivity contribution in [1.29, 1.82) is 0 Å². The molecular weight excluding hydrogens is 260 g/mol. The first-order valence-electron chi connectivity index (χ1n) is 8.29. The molecule has 0 amide bonds. The molecular formula is C18H32N2O. The molecule has 0 saturated heterocycles. The van der Waals surface area contributed by atoms with Crippen LogP contribution in [0.25, 0.3) is 0 Å². The van der Waals surface area contributed by atoms with E-state index in [1.165, 1.54) is 5.56 Å². The van der Waals surface area contributed by atoms with Gasteiger partial charge in [-0.1, -0.05) is 41.0 Å². The molecule has 1 aromatic rings. The molecule has 0 aliphatic heterocycles. The van der Waals surface area contributed by atoms with Gasteiger partial charge in [-0.15, -0.1) is 0 Å². The third-order valence-corrected chi connectivity index (χ3v) is 3.55. The first-order valence-corrected chi connectivity index (χ1v) is 8.29. The number of hydrogen-bond donors (Lipinski definition) is 1. The summed E-state index contributed by atoms with van der Waals surface area (Å²) in [6.07, 6.45) is 2.30. The number of rotatable bonds is 9. The molecule has 1 heterocycles. The van der Waals surface area contributed by atoms with Crippen molar-refractivity contribution in [1.82, 2.24) is 10.3 Å². The lowest BCUT2D eigenvalue weighted by Crippen LogP contribution is -2.21. The van der Waals surface area contributed by atoms with Gasteiger partial charge in [0.25, 0.3) is 0 Å². The van der Waals surface area contributed by atoms with Crippen LogP contribution in [0, 0.1) is 11.8 Å². The Kier molecular flexibility index (Phi) is 7.73. The fourth-order valence-electron chi connectivity index (χ4n) is 2.00. The van der Waals surface area contributed by atoms with E-state index in [2.05, 4.69) is 64.0 Å². The molecule has 0 saturated carbocycles. The molecule has 21 heavy (non-hydrogen) atoms. The van der Waals surface area contributed by atoms with Crippen LogP contribution in [0.15, 0.2) is 12.1 Å². The summed E-state index contributed by atoms with van der Waals surface area (Å²) in [4.78, 5) is 4.64. The van der Waals surface area contributed by atoms with Crippen LogP contribution in [0.3, 0.4) is 0 Å². The van der Waals surface area contributed by atoms with E-state index < -0.39 is 0 Å². The Morgan fingerprint density at radius 3 is 2.43 bits per heavy atom. The van der Waals surface area contributed by atoms with Crippen LogP contribution in [-0.2, 0) is 13.0 Å². The monoisotopic (exact) mass is 292 g/mol. The van der Waals surface area contributed by atoms with Gasteiger partial charge in [0.15, 0.2) is 0 Å². The highest BCUT2D eigenvalue weighted by Crippen LogP contribution is 2.18. The zero-order chi connectivity index (χ0) is 15.8. The standard InChI is InChI=1S/C18H32N2O/c1-7-8-17-9-16(12-19-11-13(2)3)10-18(20-17)21-15(6)14(4)5/h9-10,13-15,19H,7-8,11-12H2,1-6H3. The maximum atomic E-state index is 5.99. The Morgan fingerprint density at radius 2 is 1.86 bits per heavy atom. The molecule has 0 aromatic carbocycles. The van der Waals surface area contributed by atoms with Gasteiger partial charge < -0.3 is 10.1 Å². The van der Waals surface area contributed by atoms with E-state index in [1.807, 2.05) is 0 Å². The number of nitrogens with one attached hydrogen (secondary N) is 1. The summed E-state index contributed by atoms with van der Waals surface area (Å²) in [6, 6.07) is 4.27. The molecule has 3 heteroatoms. The third-order valence-electron chi connectivity index (χ3n) is 3.55. The van der Waals surface area contributed by atoms with Gasteiger partial charge in [-0.05, 0) is 43.4 Å². The molecule has 0 radical (unpaired) electrons. The van der Waals surface area contributed by atoms with Crippen LogP contribution in [0.5, 0.6) is 5.88 Å². The molecule has 3 nitrogen and oxygen atoms in total. The van der Waals surface area contributed by atoms with Gasteiger partial charge in [-0.3, -0.25) is 0 Å². The SMILES string of the molecule is CCCc1cc(CNCC(C)C)cc(OC(C)C(C)C)n1. The Labute approximate surface area is 130 Å². The van der Waals surface area contributed by atoms with Crippen molar-refractivity contribution in [3.63, 3.8) is 0 Å². The van der Waals surface area contributed by atoms with Gasteiger partial charge in [0.05, 0.1) is 6.10 Å². The number of aryl methyl sites for hydroxylation is 1. The first kappa shape index (κ1) is 18.0. The number of pyridine rings is 1. The lowest BCUT2D eigenvalue weighted by atomic mass is 10.1. The van der Waals surface area contributed by atoms with E-state index in [1.54, 1.807) is 0 Å². The summed E-state index contributed by atoms with van der Waals surface area (Å²) < 4.78 is 5.99. The predicted octanol–water partition coefficient (Wildman–Crippen LogP) is 4.20. The lowest BCUT2D eigenvalue weighted by molar-refractivity contribution is 0.163. The predicted molar refractivity (Wildman–Crippen MR) is 89.7 cm³/mol. The summed E-state index contributed by atoms with van der Waals surface area (Å²) >= 11 is 0. The van der Waals surface area contributed by atoms with Crippen molar-refractivity contribution >= 4 is 0 Å². The normalized spacial score (nSPS) is 13.0. The summed E-state index contributed by atoms with van der Waals surface area (Å²) in [6.45, 7) is 15.0. The van der Waals surface area contributed by atoms with E-state index in [0.717, 1.165) is 37.5 Å². The fourth-order valence-corrected chi connectivity index (χ4v) is 2.00. The molecule has 1 atom stereocenters. The molecule has 1 aromatic heterocycles. The van der Waals surface area contributed by atoms with Crippen LogP contribution >= 0.6 is 0 Å². The van der Waals surface area contributed by atoms with Gasteiger partial charge in [0.1, 0.15) is 0 Å². The maximum Gasteiger partial charge on any atom is 0.214 e. The van der Waals surface area contributed by atoms with Gasteiger partial charge in [0.2, 0.25) is 5.88 Å². The maximum absolute atomic E-state index is 5.99.